The number of halogens is 1. The fourth-order valence-corrected chi connectivity index (χ4v) is 3.47. The Hall–Kier alpha value is -2.14. The monoisotopic (exact) mass is 400 g/mol. The number of fused-ring (bicyclic) bond motifs is 1. The maximum atomic E-state index is 12.9. The molecule has 1 heterocycles. The summed E-state index contributed by atoms with van der Waals surface area (Å²) in [6.45, 7) is 2.86. The zero-order chi connectivity index (χ0) is 17.8. The molecular formula is C20H21BrN2O2. The summed E-state index contributed by atoms with van der Waals surface area (Å²) in [5, 5.41) is 2.99. The average Bonchev–Trinajstić information content (AvgIpc) is 2.65. The molecule has 0 saturated carbocycles. The van der Waals surface area contributed by atoms with Gasteiger partial charge in [-0.2, -0.15) is 0 Å². The van der Waals surface area contributed by atoms with Gasteiger partial charge in [-0.3, -0.25) is 9.59 Å². The first-order chi connectivity index (χ1) is 12.1. The first-order valence-corrected chi connectivity index (χ1v) is 9.29. The summed E-state index contributed by atoms with van der Waals surface area (Å²) in [6, 6.07) is 15.2. The van der Waals surface area contributed by atoms with Gasteiger partial charge in [0.2, 0.25) is 11.8 Å². The Kier molecular flexibility index (Phi) is 5.53. The van der Waals surface area contributed by atoms with E-state index in [1.807, 2.05) is 55.5 Å². The number of amides is 2. The maximum Gasteiger partial charge on any atom is 0.247 e. The molecule has 0 unspecified atom stereocenters. The van der Waals surface area contributed by atoms with Crippen LogP contribution < -0.4 is 5.32 Å². The van der Waals surface area contributed by atoms with Crippen molar-refractivity contribution in [1.29, 1.82) is 0 Å². The van der Waals surface area contributed by atoms with Gasteiger partial charge in [-0.05, 0) is 35.2 Å². The van der Waals surface area contributed by atoms with Crippen LogP contribution in [0, 0.1) is 0 Å². The highest BCUT2D eigenvalue weighted by Crippen LogP contribution is 2.30. The minimum Gasteiger partial charge on any atom is -0.350 e. The molecular weight excluding hydrogens is 380 g/mol. The van der Waals surface area contributed by atoms with Crippen molar-refractivity contribution < 1.29 is 9.59 Å². The lowest BCUT2D eigenvalue weighted by Crippen LogP contribution is -2.46. The molecule has 2 aromatic rings. The van der Waals surface area contributed by atoms with Gasteiger partial charge in [0.05, 0.1) is 0 Å². The fraction of sp³-hybridized carbons (Fsp3) is 0.300. The number of benzene rings is 2. The Morgan fingerprint density at radius 1 is 1.16 bits per heavy atom. The lowest BCUT2D eigenvalue weighted by molar-refractivity contribution is -0.141. The molecule has 0 aromatic heterocycles. The first kappa shape index (κ1) is 17.7. The van der Waals surface area contributed by atoms with Crippen LogP contribution in [0.25, 0.3) is 0 Å². The van der Waals surface area contributed by atoms with Crippen molar-refractivity contribution in [3.63, 3.8) is 0 Å². The molecule has 2 amide bonds. The van der Waals surface area contributed by atoms with Crippen molar-refractivity contribution in [2.75, 3.05) is 6.54 Å². The number of carbonyl (C=O) groups is 2. The Morgan fingerprint density at radius 3 is 2.60 bits per heavy atom. The zero-order valence-corrected chi connectivity index (χ0v) is 15.8. The van der Waals surface area contributed by atoms with Gasteiger partial charge in [0.1, 0.15) is 6.04 Å². The molecule has 4 nitrogen and oxygen atoms in total. The van der Waals surface area contributed by atoms with Crippen molar-refractivity contribution in [1.82, 2.24) is 10.2 Å². The lowest BCUT2D eigenvalue weighted by atomic mass is 9.91. The number of hydrogen-bond donors (Lipinski definition) is 1. The number of hydrogen-bond acceptors (Lipinski definition) is 2. The normalized spacial score (nSPS) is 16.2. The second kappa shape index (κ2) is 7.83. The van der Waals surface area contributed by atoms with Gasteiger partial charge in [0.15, 0.2) is 0 Å². The van der Waals surface area contributed by atoms with E-state index in [1.165, 1.54) is 0 Å². The fourth-order valence-electron chi connectivity index (χ4n) is 3.21. The molecule has 5 heteroatoms. The Morgan fingerprint density at radius 2 is 1.88 bits per heavy atom. The predicted molar refractivity (Wildman–Crippen MR) is 101 cm³/mol. The van der Waals surface area contributed by atoms with Crippen LogP contribution >= 0.6 is 15.9 Å². The third-order valence-corrected chi connectivity index (χ3v) is 5.06. The summed E-state index contributed by atoms with van der Waals surface area (Å²) in [5.74, 6) is -0.116. The van der Waals surface area contributed by atoms with Gasteiger partial charge < -0.3 is 10.2 Å². The van der Waals surface area contributed by atoms with E-state index in [9.17, 15) is 9.59 Å². The molecule has 2 aromatic carbocycles. The summed E-state index contributed by atoms with van der Waals surface area (Å²) in [6.07, 6.45) is 1.19. The SMILES string of the molecule is CCC(=O)N1CCc2ccccc2[C@@H]1C(=O)NCc1ccc(Br)cc1. The number of rotatable bonds is 4. The highest BCUT2D eigenvalue weighted by Gasteiger charge is 2.34. The molecule has 1 atom stereocenters. The molecule has 0 spiro atoms. The number of nitrogens with one attached hydrogen (secondary N) is 1. The number of nitrogens with zero attached hydrogens (tertiary/aromatic N) is 1. The molecule has 3 rings (SSSR count). The van der Waals surface area contributed by atoms with Gasteiger partial charge in [-0.15, -0.1) is 0 Å². The van der Waals surface area contributed by atoms with Gasteiger partial charge in [-0.1, -0.05) is 59.3 Å². The Balaban J connectivity index is 1.81. The molecule has 0 bridgehead atoms. The van der Waals surface area contributed by atoms with Crippen molar-refractivity contribution >= 4 is 27.7 Å². The third kappa shape index (κ3) is 3.93. The van der Waals surface area contributed by atoms with E-state index in [0.29, 0.717) is 19.5 Å². The number of carbonyl (C=O) groups excluding carboxylic acids is 2. The molecule has 0 fully saturated rings. The maximum absolute atomic E-state index is 12.9. The highest BCUT2D eigenvalue weighted by molar-refractivity contribution is 9.10. The third-order valence-electron chi connectivity index (χ3n) is 4.53. The Labute approximate surface area is 156 Å². The van der Waals surface area contributed by atoms with E-state index in [-0.39, 0.29) is 11.8 Å². The quantitative estimate of drug-likeness (QED) is 0.851. The average molecular weight is 401 g/mol. The molecule has 0 aliphatic carbocycles. The van der Waals surface area contributed by atoms with Gasteiger partial charge >= 0.3 is 0 Å². The minimum atomic E-state index is -0.548. The summed E-state index contributed by atoms with van der Waals surface area (Å²) in [5.41, 5.74) is 3.10. The summed E-state index contributed by atoms with van der Waals surface area (Å²) < 4.78 is 1.00. The topological polar surface area (TPSA) is 49.4 Å². The molecule has 1 aliphatic rings. The highest BCUT2D eigenvalue weighted by atomic mass is 79.9. The van der Waals surface area contributed by atoms with Crippen LogP contribution in [0.15, 0.2) is 53.0 Å². The molecule has 25 heavy (non-hydrogen) atoms. The van der Waals surface area contributed by atoms with Crippen LogP contribution in [0.5, 0.6) is 0 Å². The van der Waals surface area contributed by atoms with Gasteiger partial charge in [0, 0.05) is 24.0 Å². The van der Waals surface area contributed by atoms with Crippen LogP contribution in [0.1, 0.15) is 36.1 Å². The lowest BCUT2D eigenvalue weighted by Gasteiger charge is -2.36. The molecule has 0 radical (unpaired) electrons. The van der Waals surface area contributed by atoms with E-state index in [1.54, 1.807) is 4.90 Å². The summed E-state index contributed by atoms with van der Waals surface area (Å²) in [7, 11) is 0. The van der Waals surface area contributed by atoms with Crippen LogP contribution in [-0.2, 0) is 22.6 Å². The standard InChI is InChI=1S/C20H21BrN2O2/c1-2-18(24)23-12-11-15-5-3-4-6-17(15)19(23)20(25)22-13-14-7-9-16(21)10-8-14/h3-10,19H,2,11-13H2,1H3,(H,22,25)/t19-/m1/s1. The van der Waals surface area contributed by atoms with Gasteiger partial charge in [0.25, 0.3) is 0 Å². The minimum absolute atomic E-state index is 0.0123. The van der Waals surface area contributed by atoms with E-state index < -0.39 is 6.04 Å². The Bertz CT molecular complexity index is 774. The zero-order valence-electron chi connectivity index (χ0n) is 14.2. The van der Waals surface area contributed by atoms with Crippen LogP contribution in [-0.4, -0.2) is 23.3 Å². The smallest absolute Gasteiger partial charge is 0.247 e. The summed E-state index contributed by atoms with van der Waals surface area (Å²) >= 11 is 3.41. The summed E-state index contributed by atoms with van der Waals surface area (Å²) in [4.78, 5) is 27.0. The van der Waals surface area contributed by atoms with Crippen LogP contribution in [0.2, 0.25) is 0 Å². The second-order valence-corrected chi connectivity index (χ2v) is 7.05. The molecule has 0 saturated heterocycles. The largest absolute Gasteiger partial charge is 0.350 e. The second-order valence-electron chi connectivity index (χ2n) is 6.14. The molecule has 1 aliphatic heterocycles. The van der Waals surface area contributed by atoms with E-state index in [2.05, 4.69) is 21.2 Å². The van der Waals surface area contributed by atoms with Crippen LogP contribution in [0.3, 0.4) is 0 Å². The van der Waals surface area contributed by atoms with Crippen molar-refractivity contribution in [2.45, 2.75) is 32.4 Å². The predicted octanol–water partition coefficient (Wildman–Crippen LogP) is 3.60. The van der Waals surface area contributed by atoms with E-state index in [0.717, 1.165) is 27.6 Å². The van der Waals surface area contributed by atoms with Crippen molar-refractivity contribution in [2.24, 2.45) is 0 Å². The first-order valence-electron chi connectivity index (χ1n) is 8.49. The van der Waals surface area contributed by atoms with Gasteiger partial charge in [-0.25, -0.2) is 0 Å². The van der Waals surface area contributed by atoms with E-state index in [4.69, 9.17) is 0 Å². The molecule has 1 N–H and O–H groups in total. The van der Waals surface area contributed by atoms with E-state index >= 15 is 0 Å². The molecule has 130 valence electrons. The van der Waals surface area contributed by atoms with Crippen LogP contribution in [0.4, 0.5) is 0 Å². The van der Waals surface area contributed by atoms with Crippen molar-refractivity contribution in [3.8, 4) is 0 Å². The van der Waals surface area contributed by atoms with Crippen molar-refractivity contribution in [3.05, 3.63) is 69.7 Å².